The Kier molecular flexibility index (Phi) is 6.03. The number of aliphatic hydroxyl groups is 1. The third-order valence-corrected chi connectivity index (χ3v) is 5.17. The second-order valence-corrected chi connectivity index (χ2v) is 7.80. The van der Waals surface area contributed by atoms with Gasteiger partial charge in [0.05, 0.1) is 38.8 Å². The summed E-state index contributed by atoms with van der Waals surface area (Å²) in [5.74, 6) is -1.34. The molecule has 1 atom stereocenters. The highest BCUT2D eigenvalue weighted by atomic mass is 16.3. The Balaban J connectivity index is 2.11. The lowest BCUT2D eigenvalue weighted by molar-refractivity contribution is -0.857. The molecule has 2 N–H and O–H groups in total. The molecule has 2 aromatic rings. The normalized spacial score (nSPS) is 18.5. The zero-order valence-corrected chi connectivity index (χ0v) is 17.3. The molecular formula is C23H28N3O3+. The van der Waals surface area contributed by atoms with Gasteiger partial charge in [-0.05, 0) is 17.7 Å². The van der Waals surface area contributed by atoms with Crippen LogP contribution in [0.15, 0.2) is 60.2 Å². The SMILES string of the molecule is CN(C)c1ccc([C@@H]2C(=C(O)c3ccccc3)C(=O)C(=O)N2CC[NH+](C)C)cc1. The first-order valence-corrected chi connectivity index (χ1v) is 9.71. The number of hydrogen-bond donors (Lipinski definition) is 2. The minimum absolute atomic E-state index is 0.134. The number of hydrogen-bond acceptors (Lipinski definition) is 4. The second-order valence-electron chi connectivity index (χ2n) is 7.80. The summed E-state index contributed by atoms with van der Waals surface area (Å²) in [5.41, 5.74) is 2.50. The van der Waals surface area contributed by atoms with Crippen LogP contribution in [0, 0.1) is 0 Å². The summed E-state index contributed by atoms with van der Waals surface area (Å²) in [6, 6.07) is 16.0. The quantitative estimate of drug-likeness (QED) is 0.441. The molecule has 0 aromatic heterocycles. The van der Waals surface area contributed by atoms with Crippen LogP contribution >= 0.6 is 0 Å². The largest absolute Gasteiger partial charge is 0.507 e. The van der Waals surface area contributed by atoms with Gasteiger partial charge in [-0.2, -0.15) is 0 Å². The predicted molar refractivity (Wildman–Crippen MR) is 114 cm³/mol. The second kappa shape index (κ2) is 8.49. The Bertz CT molecular complexity index is 918. The van der Waals surface area contributed by atoms with Crippen molar-refractivity contribution in [3.63, 3.8) is 0 Å². The summed E-state index contributed by atoms with van der Waals surface area (Å²) >= 11 is 0. The molecule has 3 rings (SSSR count). The van der Waals surface area contributed by atoms with E-state index in [-0.39, 0.29) is 11.3 Å². The van der Waals surface area contributed by atoms with Crippen LogP contribution in [-0.2, 0) is 9.59 Å². The summed E-state index contributed by atoms with van der Waals surface area (Å²) < 4.78 is 0. The monoisotopic (exact) mass is 394 g/mol. The van der Waals surface area contributed by atoms with Gasteiger partial charge in [0.1, 0.15) is 5.76 Å². The van der Waals surface area contributed by atoms with Gasteiger partial charge in [-0.1, -0.05) is 42.5 Å². The van der Waals surface area contributed by atoms with Gasteiger partial charge < -0.3 is 19.8 Å². The molecule has 1 fully saturated rings. The predicted octanol–water partition coefficient (Wildman–Crippen LogP) is 1.32. The molecule has 0 saturated carbocycles. The summed E-state index contributed by atoms with van der Waals surface area (Å²) in [6.45, 7) is 1.13. The number of carbonyl (C=O) groups excluding carboxylic acids is 2. The number of nitrogens with one attached hydrogen (secondary N) is 1. The molecule has 1 amide bonds. The Labute approximate surface area is 171 Å². The van der Waals surface area contributed by atoms with E-state index in [2.05, 4.69) is 0 Å². The fraction of sp³-hybridized carbons (Fsp3) is 0.304. The van der Waals surface area contributed by atoms with Crippen molar-refractivity contribution in [2.45, 2.75) is 6.04 Å². The highest BCUT2D eigenvalue weighted by Crippen LogP contribution is 2.39. The first-order valence-electron chi connectivity index (χ1n) is 9.71. The minimum Gasteiger partial charge on any atom is -0.507 e. The van der Waals surface area contributed by atoms with Gasteiger partial charge in [0.25, 0.3) is 11.7 Å². The number of nitrogens with zero attached hydrogens (tertiary/aromatic N) is 2. The van der Waals surface area contributed by atoms with Crippen LogP contribution in [0.4, 0.5) is 5.69 Å². The van der Waals surface area contributed by atoms with Crippen LogP contribution in [-0.4, -0.2) is 63.0 Å². The Hall–Kier alpha value is -3.12. The van der Waals surface area contributed by atoms with Crippen molar-refractivity contribution in [2.75, 3.05) is 46.2 Å². The van der Waals surface area contributed by atoms with Crippen molar-refractivity contribution in [1.29, 1.82) is 0 Å². The summed E-state index contributed by atoms with van der Waals surface area (Å²) in [6.07, 6.45) is 0. The molecule has 0 aliphatic carbocycles. The Morgan fingerprint density at radius 3 is 2.21 bits per heavy atom. The fourth-order valence-electron chi connectivity index (χ4n) is 3.51. The number of benzene rings is 2. The average molecular weight is 394 g/mol. The van der Waals surface area contributed by atoms with Crippen LogP contribution in [0.3, 0.4) is 0 Å². The molecule has 6 nitrogen and oxygen atoms in total. The van der Waals surface area contributed by atoms with E-state index in [0.717, 1.165) is 11.3 Å². The van der Waals surface area contributed by atoms with Crippen molar-refractivity contribution >= 4 is 23.1 Å². The van der Waals surface area contributed by atoms with Crippen LogP contribution < -0.4 is 9.80 Å². The minimum atomic E-state index is -0.637. The number of carbonyl (C=O) groups is 2. The number of ketones is 1. The molecule has 29 heavy (non-hydrogen) atoms. The molecule has 6 heteroatoms. The molecule has 1 saturated heterocycles. The number of aliphatic hydroxyl groups excluding tert-OH is 1. The molecule has 2 aromatic carbocycles. The van der Waals surface area contributed by atoms with Gasteiger partial charge in [0.15, 0.2) is 0 Å². The van der Waals surface area contributed by atoms with E-state index in [1.165, 1.54) is 4.90 Å². The third kappa shape index (κ3) is 4.17. The van der Waals surface area contributed by atoms with E-state index in [1.54, 1.807) is 29.2 Å². The highest BCUT2D eigenvalue weighted by molar-refractivity contribution is 6.46. The van der Waals surface area contributed by atoms with Gasteiger partial charge in [0.2, 0.25) is 0 Å². The molecule has 1 aliphatic rings. The molecule has 1 aliphatic heterocycles. The molecule has 0 radical (unpaired) electrons. The summed E-state index contributed by atoms with van der Waals surface area (Å²) in [5, 5.41) is 10.9. The zero-order chi connectivity index (χ0) is 21.1. The molecular weight excluding hydrogens is 366 g/mol. The lowest BCUT2D eigenvalue weighted by Gasteiger charge is -2.26. The lowest BCUT2D eigenvalue weighted by atomic mass is 9.95. The van der Waals surface area contributed by atoms with Gasteiger partial charge in [-0.25, -0.2) is 0 Å². The average Bonchev–Trinajstić information content (AvgIpc) is 2.97. The maximum absolute atomic E-state index is 12.9. The molecule has 1 heterocycles. The van der Waals surface area contributed by atoms with Crippen LogP contribution in [0.25, 0.3) is 5.76 Å². The van der Waals surface area contributed by atoms with Crippen molar-refractivity contribution in [3.05, 3.63) is 71.3 Å². The van der Waals surface area contributed by atoms with Crippen molar-refractivity contribution in [1.82, 2.24) is 4.90 Å². The molecule has 0 bridgehead atoms. The van der Waals surface area contributed by atoms with E-state index in [9.17, 15) is 14.7 Å². The number of anilines is 1. The Morgan fingerprint density at radius 2 is 1.66 bits per heavy atom. The maximum atomic E-state index is 12.9. The van der Waals surface area contributed by atoms with Gasteiger partial charge in [0, 0.05) is 25.3 Å². The summed E-state index contributed by atoms with van der Waals surface area (Å²) in [4.78, 5) is 30.5. The van der Waals surface area contributed by atoms with Crippen molar-refractivity contribution in [2.24, 2.45) is 0 Å². The number of likely N-dealkylation sites (N-methyl/N-ethyl adjacent to an activating group) is 1. The van der Waals surface area contributed by atoms with Gasteiger partial charge in [-0.3, -0.25) is 9.59 Å². The number of quaternary nitrogens is 1. The lowest BCUT2D eigenvalue weighted by Crippen LogP contribution is -3.06. The standard InChI is InChI=1S/C23H27N3O3/c1-24(2)14-15-26-20(16-10-12-18(13-11-16)25(3)4)19(22(28)23(26)29)21(27)17-8-6-5-7-9-17/h5-13,20,27H,14-15H2,1-4H3/p+1/t20-/m1/s1. The fourth-order valence-corrected chi connectivity index (χ4v) is 3.51. The van der Waals surface area contributed by atoms with Gasteiger partial charge in [-0.15, -0.1) is 0 Å². The first kappa shape index (κ1) is 20.6. The van der Waals surface area contributed by atoms with E-state index >= 15 is 0 Å². The van der Waals surface area contributed by atoms with Crippen LogP contribution in [0.5, 0.6) is 0 Å². The van der Waals surface area contributed by atoms with Gasteiger partial charge >= 0.3 is 0 Å². The van der Waals surface area contributed by atoms with E-state index < -0.39 is 17.7 Å². The molecule has 0 unspecified atom stereocenters. The topological polar surface area (TPSA) is 65.3 Å². The zero-order valence-electron chi connectivity index (χ0n) is 17.3. The summed E-state index contributed by atoms with van der Waals surface area (Å²) in [7, 11) is 7.91. The van der Waals surface area contributed by atoms with E-state index in [4.69, 9.17) is 0 Å². The van der Waals surface area contributed by atoms with Crippen molar-refractivity contribution < 1.29 is 19.6 Å². The number of Topliss-reactive ketones (excluding diaryl/α,β-unsaturated/α-hetero) is 1. The van der Waals surface area contributed by atoms with E-state index in [0.29, 0.717) is 18.7 Å². The number of likely N-dealkylation sites (tertiary alicyclic amines) is 1. The highest BCUT2D eigenvalue weighted by Gasteiger charge is 2.46. The maximum Gasteiger partial charge on any atom is 0.295 e. The smallest absolute Gasteiger partial charge is 0.295 e. The molecule has 152 valence electrons. The molecule has 0 spiro atoms. The van der Waals surface area contributed by atoms with Crippen LogP contribution in [0.1, 0.15) is 17.2 Å². The number of rotatable bonds is 6. The van der Waals surface area contributed by atoms with Crippen molar-refractivity contribution in [3.8, 4) is 0 Å². The number of amides is 1. The Morgan fingerprint density at radius 1 is 1.03 bits per heavy atom. The van der Waals surface area contributed by atoms with Crippen LogP contribution in [0.2, 0.25) is 0 Å². The third-order valence-electron chi connectivity index (χ3n) is 5.17. The van der Waals surface area contributed by atoms with E-state index in [1.807, 2.05) is 63.4 Å². The first-order chi connectivity index (χ1) is 13.8.